The topological polar surface area (TPSA) is 231 Å². The molecule has 3 amide bonds. The maximum atomic E-state index is 12.2. The van der Waals surface area contributed by atoms with E-state index in [1.165, 1.54) is 19.3 Å². The van der Waals surface area contributed by atoms with Crippen molar-refractivity contribution in [3.8, 4) is 0 Å². The number of hydrogen-bond acceptors (Lipinski definition) is 8. The van der Waals surface area contributed by atoms with Crippen molar-refractivity contribution in [3.05, 3.63) is 0 Å². The number of aliphatic carboxylic acids is 2. The van der Waals surface area contributed by atoms with Crippen molar-refractivity contribution in [1.29, 1.82) is 0 Å². The lowest BCUT2D eigenvalue weighted by Gasteiger charge is -2.15. The Balaban J connectivity index is 3.83. The van der Waals surface area contributed by atoms with Crippen LogP contribution in [0.5, 0.6) is 0 Å². The minimum atomic E-state index is -1.17. The van der Waals surface area contributed by atoms with Crippen LogP contribution in [0.3, 0.4) is 0 Å². The Morgan fingerprint density at radius 1 is 0.565 bits per heavy atom. The monoisotopic (exact) mass is 654 g/mol. The van der Waals surface area contributed by atoms with E-state index in [1.54, 1.807) is 6.29 Å². The van der Waals surface area contributed by atoms with Gasteiger partial charge < -0.3 is 37.6 Å². The van der Waals surface area contributed by atoms with Crippen LogP contribution in [0.15, 0.2) is 0 Å². The summed E-state index contributed by atoms with van der Waals surface area (Å²) < 4.78 is 0. The predicted molar refractivity (Wildman–Crippen MR) is 176 cm³/mol. The van der Waals surface area contributed by atoms with Gasteiger partial charge in [0.05, 0.1) is 12.1 Å². The maximum absolute atomic E-state index is 12.2. The molecule has 0 fully saturated rings. The predicted octanol–water partition coefficient (Wildman–Crippen LogP) is 3.22. The minimum absolute atomic E-state index is 0.000373. The quantitative estimate of drug-likeness (QED) is 0.0523. The van der Waals surface area contributed by atoms with Crippen LogP contribution in [0, 0.1) is 0 Å². The van der Waals surface area contributed by atoms with E-state index in [2.05, 4.69) is 16.0 Å². The molecule has 46 heavy (non-hydrogen) atoms. The van der Waals surface area contributed by atoms with Gasteiger partial charge in [0.25, 0.3) is 0 Å². The first-order valence-corrected chi connectivity index (χ1v) is 17.2. The molecule has 0 aromatic heterocycles. The van der Waals surface area contributed by atoms with E-state index in [-0.39, 0.29) is 43.4 Å². The number of amides is 3. The van der Waals surface area contributed by atoms with Crippen LogP contribution in [0.2, 0.25) is 0 Å². The number of nitrogens with two attached hydrogens (primary N) is 2. The van der Waals surface area contributed by atoms with Crippen LogP contribution in [0.25, 0.3) is 0 Å². The second-order valence-corrected chi connectivity index (χ2v) is 12.1. The summed E-state index contributed by atoms with van der Waals surface area (Å²) in [5.41, 5.74) is 11.4. The highest BCUT2D eigenvalue weighted by molar-refractivity contribution is 5.84. The normalized spacial score (nSPS) is 12.9. The third-order valence-corrected chi connectivity index (χ3v) is 7.83. The van der Waals surface area contributed by atoms with E-state index in [1.807, 2.05) is 0 Å². The molecule has 0 aliphatic carbocycles. The first-order chi connectivity index (χ1) is 22.1. The van der Waals surface area contributed by atoms with E-state index in [9.17, 15) is 33.9 Å². The largest absolute Gasteiger partial charge is 0.481 e. The summed E-state index contributed by atoms with van der Waals surface area (Å²) in [5, 5.41) is 26.1. The second-order valence-electron chi connectivity index (χ2n) is 12.1. The molecule has 0 bridgehead atoms. The molecule has 0 unspecified atom stereocenters. The van der Waals surface area contributed by atoms with Crippen molar-refractivity contribution in [1.82, 2.24) is 16.0 Å². The molecule has 9 N–H and O–H groups in total. The summed E-state index contributed by atoms with van der Waals surface area (Å²) in [5.74, 6) is -2.77. The van der Waals surface area contributed by atoms with Crippen molar-refractivity contribution < 1.29 is 39.0 Å². The summed E-state index contributed by atoms with van der Waals surface area (Å²) in [6, 6.07) is -2.37. The van der Waals surface area contributed by atoms with Crippen LogP contribution in [-0.4, -0.2) is 77.4 Å². The number of carboxylic acids is 2. The molecule has 0 heterocycles. The van der Waals surface area contributed by atoms with Crippen molar-refractivity contribution in [2.24, 2.45) is 11.5 Å². The van der Waals surface area contributed by atoms with Gasteiger partial charge in [0.2, 0.25) is 24.0 Å². The molecule has 13 nitrogen and oxygen atoms in total. The second kappa shape index (κ2) is 29.3. The van der Waals surface area contributed by atoms with Gasteiger partial charge in [-0.25, -0.2) is 4.79 Å². The number of unbranched alkanes of at least 4 members (excludes halogenated alkanes) is 13. The van der Waals surface area contributed by atoms with E-state index >= 15 is 0 Å². The van der Waals surface area contributed by atoms with Crippen LogP contribution in [0.4, 0.5) is 0 Å². The van der Waals surface area contributed by atoms with Crippen LogP contribution in [0.1, 0.15) is 141 Å². The lowest BCUT2D eigenvalue weighted by atomic mass is 10.0. The number of carbonyl (C=O) groups is 5. The Morgan fingerprint density at radius 2 is 1.07 bits per heavy atom. The molecule has 265 valence electrons. The first kappa shape index (κ1) is 42.9. The smallest absolute Gasteiger partial charge is 0.326 e. The molecule has 0 aromatic rings. The Hall–Kier alpha value is -3.06. The standard InChI is InChI=1S/C33H60N5O8/c34-26(25-39)17-13-15-24-37-32(44)27(35)18-14-16-23-36-29(40)22-21-28(33(45)46)38-30(41)19-11-9-7-5-3-1-2-4-6-8-10-12-20-31(42)43/h26-28H,1-24,34-35H2,(H,36,40)(H,37,44)(H,38,41)(H,42,43)(H,45,46)/t26-,27-,28-/m0/s1. The Labute approximate surface area is 274 Å². The molecule has 0 saturated heterocycles. The third kappa shape index (κ3) is 27.3. The molecule has 13 heteroatoms. The SMILES string of the molecule is N[C@H]([C]=O)CCCCNC(=O)[C@@H](N)CCCCNC(=O)CC[C@H](NC(=O)CCCCCCCCCCCCCCC(=O)O)C(=O)O. The highest BCUT2D eigenvalue weighted by Crippen LogP contribution is 2.13. The Kier molecular flexibility index (Phi) is 27.4. The van der Waals surface area contributed by atoms with Gasteiger partial charge >= 0.3 is 11.9 Å². The number of rotatable bonds is 32. The average Bonchev–Trinajstić information content (AvgIpc) is 3.02. The fourth-order valence-corrected chi connectivity index (χ4v) is 4.96. The highest BCUT2D eigenvalue weighted by atomic mass is 16.4. The first-order valence-electron chi connectivity index (χ1n) is 17.2. The highest BCUT2D eigenvalue weighted by Gasteiger charge is 2.21. The summed E-state index contributed by atoms with van der Waals surface area (Å²) in [4.78, 5) is 68.9. The molecule has 3 atom stereocenters. The van der Waals surface area contributed by atoms with E-state index in [0.29, 0.717) is 58.0 Å². The van der Waals surface area contributed by atoms with Crippen molar-refractivity contribution in [2.45, 2.75) is 159 Å². The molecular weight excluding hydrogens is 594 g/mol. The van der Waals surface area contributed by atoms with E-state index in [4.69, 9.17) is 16.6 Å². The molecular formula is C33H60N5O8. The van der Waals surface area contributed by atoms with Gasteiger partial charge in [0.15, 0.2) is 0 Å². The zero-order valence-corrected chi connectivity index (χ0v) is 27.7. The molecule has 0 aliphatic heterocycles. The van der Waals surface area contributed by atoms with Gasteiger partial charge in [0, 0.05) is 32.4 Å². The minimum Gasteiger partial charge on any atom is -0.481 e. The lowest BCUT2D eigenvalue weighted by Crippen LogP contribution is -2.41. The molecule has 0 spiro atoms. The van der Waals surface area contributed by atoms with Crippen molar-refractivity contribution in [2.75, 3.05) is 13.1 Å². The summed E-state index contributed by atoms with van der Waals surface area (Å²) in [6.07, 6.45) is 18.2. The van der Waals surface area contributed by atoms with Gasteiger partial charge in [-0.15, -0.1) is 0 Å². The molecule has 0 aromatic carbocycles. The maximum Gasteiger partial charge on any atom is 0.326 e. The van der Waals surface area contributed by atoms with Gasteiger partial charge in [-0.3, -0.25) is 24.0 Å². The zero-order chi connectivity index (χ0) is 34.4. The fourth-order valence-electron chi connectivity index (χ4n) is 4.96. The fraction of sp³-hybridized carbons (Fsp3) is 0.818. The van der Waals surface area contributed by atoms with Gasteiger partial charge in [-0.05, 0) is 57.8 Å². The molecule has 0 aliphatic rings. The summed E-state index contributed by atoms with van der Waals surface area (Å²) in [6.45, 7) is 0.830. The van der Waals surface area contributed by atoms with E-state index < -0.39 is 30.1 Å². The van der Waals surface area contributed by atoms with Crippen molar-refractivity contribution >= 4 is 35.9 Å². The summed E-state index contributed by atoms with van der Waals surface area (Å²) in [7, 11) is 0. The van der Waals surface area contributed by atoms with Crippen LogP contribution >= 0.6 is 0 Å². The molecule has 0 rings (SSSR count). The molecule has 0 saturated carbocycles. The molecule has 1 radical (unpaired) electrons. The summed E-state index contributed by atoms with van der Waals surface area (Å²) >= 11 is 0. The number of carbonyl (C=O) groups excluding carboxylic acids is 4. The van der Waals surface area contributed by atoms with Gasteiger partial charge in [0.1, 0.15) is 6.04 Å². The van der Waals surface area contributed by atoms with Crippen LogP contribution in [-0.2, 0) is 28.8 Å². The number of nitrogens with one attached hydrogen (secondary N) is 3. The van der Waals surface area contributed by atoms with E-state index in [0.717, 1.165) is 51.4 Å². The third-order valence-electron chi connectivity index (χ3n) is 7.83. The van der Waals surface area contributed by atoms with Gasteiger partial charge in [-0.2, -0.15) is 0 Å². The van der Waals surface area contributed by atoms with Gasteiger partial charge in [-0.1, -0.05) is 64.2 Å². The number of hydrogen-bond donors (Lipinski definition) is 7. The van der Waals surface area contributed by atoms with Crippen LogP contribution < -0.4 is 27.4 Å². The average molecular weight is 655 g/mol. The Bertz CT molecular complexity index is 873. The lowest BCUT2D eigenvalue weighted by molar-refractivity contribution is -0.142. The zero-order valence-electron chi connectivity index (χ0n) is 27.7. The number of carboxylic acid groups (broad SMARTS) is 2. The van der Waals surface area contributed by atoms with Crippen molar-refractivity contribution in [3.63, 3.8) is 0 Å². The Morgan fingerprint density at radius 3 is 1.59 bits per heavy atom.